The fraction of sp³-hybridized carbons (Fsp3) is 0.294. The van der Waals surface area contributed by atoms with E-state index in [0.29, 0.717) is 0 Å². The number of nitrogen functional groups attached to an aromatic ring is 2. The van der Waals surface area contributed by atoms with E-state index >= 15 is 0 Å². The molecule has 112 valence electrons. The maximum Gasteiger partial charge on any atom is 0.0314 e. The third-order valence-corrected chi connectivity index (χ3v) is 4.38. The average Bonchev–Trinajstić information content (AvgIpc) is 2.49. The van der Waals surface area contributed by atoms with Crippen molar-refractivity contribution < 1.29 is 0 Å². The highest BCUT2D eigenvalue weighted by Crippen LogP contribution is 2.19. The van der Waals surface area contributed by atoms with Gasteiger partial charge in [-0.1, -0.05) is 12.1 Å². The molecule has 0 saturated heterocycles. The van der Waals surface area contributed by atoms with E-state index in [0.717, 1.165) is 36.6 Å². The van der Waals surface area contributed by atoms with E-state index in [1.54, 1.807) is 0 Å². The number of nitrogens with two attached hydrogens (primary N) is 2. The Kier molecular flexibility index (Phi) is 5.96. The van der Waals surface area contributed by atoms with Crippen molar-refractivity contribution in [1.82, 2.24) is 4.90 Å². The van der Waals surface area contributed by atoms with E-state index in [1.807, 2.05) is 36.0 Å². The lowest BCUT2D eigenvalue weighted by Crippen LogP contribution is -2.23. The molecule has 0 atom stereocenters. The molecule has 0 aliphatic rings. The zero-order valence-electron chi connectivity index (χ0n) is 12.5. The Hall–Kier alpha value is -1.65. The first-order valence-corrected chi connectivity index (χ1v) is 8.13. The van der Waals surface area contributed by atoms with Crippen molar-refractivity contribution in [2.24, 2.45) is 0 Å². The topological polar surface area (TPSA) is 55.3 Å². The predicted octanol–water partition coefficient (Wildman–Crippen LogP) is 3.12. The van der Waals surface area contributed by atoms with Crippen LogP contribution in [0.2, 0.25) is 0 Å². The van der Waals surface area contributed by atoms with E-state index in [-0.39, 0.29) is 0 Å². The Bertz CT molecular complexity index is 537. The molecule has 0 aliphatic heterocycles. The molecule has 4 N–H and O–H groups in total. The number of rotatable bonds is 7. The number of hydrogen-bond acceptors (Lipinski definition) is 4. The molecule has 0 spiro atoms. The zero-order valence-corrected chi connectivity index (χ0v) is 13.3. The van der Waals surface area contributed by atoms with Crippen LogP contribution < -0.4 is 11.5 Å². The van der Waals surface area contributed by atoms with Gasteiger partial charge >= 0.3 is 0 Å². The molecular weight excluding hydrogens is 278 g/mol. The standard InChI is InChI=1S/C17H23N3S/c1-20(11-10-14-2-4-15(18)5-3-14)12-13-21-17-8-6-16(19)7-9-17/h2-9H,10-13,18-19H2,1H3. The summed E-state index contributed by atoms with van der Waals surface area (Å²) in [6, 6.07) is 16.2. The fourth-order valence-electron chi connectivity index (χ4n) is 2.00. The molecular formula is C17H23N3S. The summed E-state index contributed by atoms with van der Waals surface area (Å²) in [6.07, 6.45) is 1.06. The van der Waals surface area contributed by atoms with Crippen LogP contribution in [0.3, 0.4) is 0 Å². The molecule has 0 radical (unpaired) electrons. The number of likely N-dealkylation sites (N-methyl/N-ethyl adjacent to an activating group) is 1. The van der Waals surface area contributed by atoms with Gasteiger partial charge in [0.05, 0.1) is 0 Å². The van der Waals surface area contributed by atoms with Gasteiger partial charge in [-0.05, 0) is 55.4 Å². The van der Waals surface area contributed by atoms with Crippen molar-refractivity contribution in [3.8, 4) is 0 Å². The molecule has 21 heavy (non-hydrogen) atoms. The first-order valence-electron chi connectivity index (χ1n) is 7.15. The maximum atomic E-state index is 5.69. The van der Waals surface area contributed by atoms with Crippen molar-refractivity contribution in [2.45, 2.75) is 11.3 Å². The highest BCUT2D eigenvalue weighted by molar-refractivity contribution is 7.99. The minimum Gasteiger partial charge on any atom is -0.399 e. The number of thioether (sulfide) groups is 1. The van der Waals surface area contributed by atoms with Gasteiger partial charge in [0.1, 0.15) is 0 Å². The summed E-state index contributed by atoms with van der Waals surface area (Å²) in [5.74, 6) is 1.09. The first-order chi connectivity index (χ1) is 10.1. The quantitative estimate of drug-likeness (QED) is 0.609. The van der Waals surface area contributed by atoms with Crippen molar-refractivity contribution in [3.63, 3.8) is 0 Å². The minimum absolute atomic E-state index is 0.819. The number of hydrogen-bond donors (Lipinski definition) is 2. The van der Waals surface area contributed by atoms with Crippen LogP contribution in [0.25, 0.3) is 0 Å². The molecule has 0 aliphatic carbocycles. The highest BCUT2D eigenvalue weighted by Gasteiger charge is 2.01. The van der Waals surface area contributed by atoms with Crippen LogP contribution in [0.4, 0.5) is 11.4 Å². The molecule has 3 nitrogen and oxygen atoms in total. The van der Waals surface area contributed by atoms with Gasteiger partial charge in [-0.3, -0.25) is 0 Å². The van der Waals surface area contributed by atoms with Crippen molar-refractivity contribution in [2.75, 3.05) is 37.4 Å². The number of nitrogens with zero attached hydrogens (tertiary/aromatic N) is 1. The van der Waals surface area contributed by atoms with Crippen LogP contribution in [0.15, 0.2) is 53.4 Å². The van der Waals surface area contributed by atoms with E-state index in [2.05, 4.69) is 36.2 Å². The van der Waals surface area contributed by atoms with Crippen LogP contribution in [0, 0.1) is 0 Å². The van der Waals surface area contributed by atoms with Gasteiger partial charge in [0.15, 0.2) is 0 Å². The molecule has 0 heterocycles. The molecule has 2 rings (SSSR count). The molecule has 0 bridgehead atoms. The summed E-state index contributed by atoms with van der Waals surface area (Å²) >= 11 is 1.87. The maximum absolute atomic E-state index is 5.69. The highest BCUT2D eigenvalue weighted by atomic mass is 32.2. The van der Waals surface area contributed by atoms with Crippen LogP contribution in [-0.2, 0) is 6.42 Å². The summed E-state index contributed by atoms with van der Waals surface area (Å²) in [5, 5.41) is 0. The van der Waals surface area contributed by atoms with Crippen molar-refractivity contribution >= 4 is 23.1 Å². The number of anilines is 2. The lowest BCUT2D eigenvalue weighted by molar-refractivity contribution is 0.360. The zero-order chi connectivity index (χ0) is 15.1. The van der Waals surface area contributed by atoms with E-state index in [9.17, 15) is 0 Å². The van der Waals surface area contributed by atoms with Gasteiger partial charge < -0.3 is 16.4 Å². The van der Waals surface area contributed by atoms with Gasteiger partial charge in [-0.25, -0.2) is 0 Å². The predicted molar refractivity (Wildman–Crippen MR) is 93.6 cm³/mol. The van der Waals surface area contributed by atoms with Crippen LogP contribution in [0.5, 0.6) is 0 Å². The van der Waals surface area contributed by atoms with Crippen LogP contribution in [-0.4, -0.2) is 30.8 Å². The molecule has 0 unspecified atom stereocenters. The normalized spacial score (nSPS) is 11.0. The Morgan fingerprint density at radius 3 is 2.05 bits per heavy atom. The van der Waals surface area contributed by atoms with E-state index in [1.165, 1.54) is 10.5 Å². The van der Waals surface area contributed by atoms with Crippen molar-refractivity contribution in [3.05, 3.63) is 54.1 Å². The Balaban J connectivity index is 1.66. The van der Waals surface area contributed by atoms with Crippen LogP contribution in [0.1, 0.15) is 5.56 Å². The molecule has 2 aromatic carbocycles. The second kappa shape index (κ2) is 7.96. The summed E-state index contributed by atoms with van der Waals surface area (Å²) in [4.78, 5) is 3.64. The number of benzene rings is 2. The van der Waals surface area contributed by atoms with Gasteiger partial charge in [0.2, 0.25) is 0 Å². The summed E-state index contributed by atoms with van der Waals surface area (Å²) in [6.45, 7) is 2.14. The SMILES string of the molecule is CN(CCSc1ccc(N)cc1)CCc1ccc(N)cc1. The second-order valence-electron chi connectivity index (χ2n) is 5.21. The van der Waals surface area contributed by atoms with Crippen molar-refractivity contribution in [1.29, 1.82) is 0 Å². The lowest BCUT2D eigenvalue weighted by atomic mass is 10.1. The molecule has 0 aromatic heterocycles. The largest absolute Gasteiger partial charge is 0.399 e. The monoisotopic (exact) mass is 301 g/mol. The third-order valence-electron chi connectivity index (χ3n) is 3.38. The third kappa shape index (κ3) is 5.69. The van der Waals surface area contributed by atoms with Gasteiger partial charge in [0.25, 0.3) is 0 Å². The fourth-order valence-corrected chi connectivity index (χ4v) is 2.97. The lowest BCUT2D eigenvalue weighted by Gasteiger charge is -2.16. The Morgan fingerprint density at radius 1 is 0.857 bits per heavy atom. The van der Waals surface area contributed by atoms with Crippen LogP contribution >= 0.6 is 11.8 Å². The molecule has 0 amide bonds. The minimum atomic E-state index is 0.819. The van der Waals surface area contributed by atoms with E-state index in [4.69, 9.17) is 11.5 Å². The Labute approximate surface area is 131 Å². The smallest absolute Gasteiger partial charge is 0.0314 e. The van der Waals surface area contributed by atoms with E-state index < -0.39 is 0 Å². The van der Waals surface area contributed by atoms with Gasteiger partial charge in [-0.2, -0.15) is 0 Å². The first kappa shape index (κ1) is 15.7. The molecule has 0 saturated carbocycles. The molecule has 4 heteroatoms. The molecule has 0 fully saturated rings. The summed E-state index contributed by atoms with van der Waals surface area (Å²) in [7, 11) is 2.17. The van der Waals surface area contributed by atoms with Gasteiger partial charge in [-0.15, -0.1) is 11.8 Å². The van der Waals surface area contributed by atoms with Gasteiger partial charge in [0, 0.05) is 35.1 Å². The molecule has 2 aromatic rings. The average molecular weight is 301 g/mol. The summed E-state index contributed by atoms with van der Waals surface area (Å²) in [5.41, 5.74) is 14.4. The Morgan fingerprint density at radius 2 is 1.43 bits per heavy atom. The second-order valence-corrected chi connectivity index (χ2v) is 6.38. The summed E-state index contributed by atoms with van der Waals surface area (Å²) < 4.78 is 0.